The van der Waals surface area contributed by atoms with Crippen molar-refractivity contribution in [2.45, 2.75) is 20.8 Å². The summed E-state index contributed by atoms with van der Waals surface area (Å²) in [7, 11) is 1.61. The number of rotatable bonds is 4. The second kappa shape index (κ2) is 8.24. The average molecular weight is 418 g/mol. The van der Waals surface area contributed by atoms with Crippen LogP contribution in [0, 0.1) is 20.8 Å². The minimum absolute atomic E-state index is 0.144. The zero-order valence-corrected chi connectivity index (χ0v) is 18.2. The van der Waals surface area contributed by atoms with Crippen LogP contribution < -0.4 is 10.1 Å². The first-order valence-electron chi connectivity index (χ1n) is 9.65. The molecule has 3 aromatic rings. The van der Waals surface area contributed by atoms with Gasteiger partial charge in [0.2, 0.25) is 0 Å². The molecule has 0 aliphatic carbocycles. The van der Waals surface area contributed by atoms with Gasteiger partial charge in [-0.25, -0.2) is 4.99 Å². The Balaban J connectivity index is 1.65. The quantitative estimate of drug-likeness (QED) is 0.586. The van der Waals surface area contributed by atoms with E-state index >= 15 is 0 Å². The van der Waals surface area contributed by atoms with Crippen LogP contribution in [0.3, 0.4) is 0 Å². The van der Waals surface area contributed by atoms with Gasteiger partial charge in [0.25, 0.3) is 5.91 Å². The third-order valence-corrected chi connectivity index (χ3v) is 5.89. The molecule has 1 aromatic heterocycles. The standard InChI is InChI=1S/C24H23N3O2S/c1-15-10-11-21(29-4)20(12-15)25-24-26-23(28)22(30-24)14-18-13-16(2)27(17(18)3)19-8-6-5-7-9-19/h5-14H,1-4H3,(H,25,26,28)/b22-14-. The maximum Gasteiger partial charge on any atom is 0.264 e. The van der Waals surface area contributed by atoms with Crippen molar-refractivity contribution in [2.24, 2.45) is 4.99 Å². The molecule has 152 valence electrons. The fraction of sp³-hybridized carbons (Fsp3) is 0.167. The number of nitrogens with one attached hydrogen (secondary N) is 1. The molecule has 1 amide bonds. The highest BCUT2D eigenvalue weighted by Gasteiger charge is 2.25. The smallest absolute Gasteiger partial charge is 0.264 e. The first-order chi connectivity index (χ1) is 14.5. The largest absolute Gasteiger partial charge is 0.494 e. The number of aliphatic imine (C=N–C) groups is 1. The van der Waals surface area contributed by atoms with Crippen LogP contribution in [0.5, 0.6) is 5.75 Å². The number of benzene rings is 2. The van der Waals surface area contributed by atoms with Crippen molar-refractivity contribution < 1.29 is 9.53 Å². The molecule has 1 aliphatic rings. The van der Waals surface area contributed by atoms with E-state index in [9.17, 15) is 4.79 Å². The highest BCUT2D eigenvalue weighted by molar-refractivity contribution is 8.18. The van der Waals surface area contributed by atoms with E-state index in [0.29, 0.717) is 21.5 Å². The molecule has 1 N–H and O–H groups in total. The van der Waals surface area contributed by atoms with Crippen LogP contribution in [-0.2, 0) is 4.79 Å². The van der Waals surface area contributed by atoms with Crippen molar-refractivity contribution in [1.29, 1.82) is 0 Å². The summed E-state index contributed by atoms with van der Waals surface area (Å²) >= 11 is 1.34. The third kappa shape index (κ3) is 3.91. The number of aryl methyl sites for hydroxylation is 2. The van der Waals surface area contributed by atoms with Crippen LogP contribution in [0.4, 0.5) is 5.69 Å². The Bertz CT molecular complexity index is 1180. The predicted molar refractivity (Wildman–Crippen MR) is 124 cm³/mol. The molecule has 5 nitrogen and oxygen atoms in total. The molecule has 1 fully saturated rings. The number of ether oxygens (including phenoxy) is 1. The van der Waals surface area contributed by atoms with Crippen molar-refractivity contribution in [3.8, 4) is 11.4 Å². The lowest BCUT2D eigenvalue weighted by Crippen LogP contribution is -2.19. The molecular weight excluding hydrogens is 394 g/mol. The van der Waals surface area contributed by atoms with E-state index in [1.165, 1.54) is 11.8 Å². The maximum absolute atomic E-state index is 12.6. The van der Waals surface area contributed by atoms with Gasteiger partial charge in [-0.3, -0.25) is 4.79 Å². The van der Waals surface area contributed by atoms with E-state index in [1.807, 2.05) is 49.4 Å². The fourth-order valence-corrected chi connectivity index (χ4v) is 4.35. The summed E-state index contributed by atoms with van der Waals surface area (Å²) in [6, 6.07) is 18.1. The van der Waals surface area contributed by atoms with Gasteiger partial charge in [0.05, 0.1) is 12.0 Å². The Morgan fingerprint density at radius 3 is 2.57 bits per heavy atom. The first-order valence-corrected chi connectivity index (χ1v) is 10.5. The predicted octanol–water partition coefficient (Wildman–Crippen LogP) is 5.30. The van der Waals surface area contributed by atoms with Crippen LogP contribution in [-0.4, -0.2) is 22.8 Å². The molecule has 2 aromatic carbocycles. The monoisotopic (exact) mass is 417 g/mol. The Morgan fingerprint density at radius 2 is 1.83 bits per heavy atom. The van der Waals surface area contributed by atoms with Gasteiger partial charge in [0.15, 0.2) is 5.17 Å². The van der Waals surface area contributed by atoms with Crippen LogP contribution in [0.1, 0.15) is 22.5 Å². The zero-order valence-electron chi connectivity index (χ0n) is 17.4. The maximum atomic E-state index is 12.6. The number of hydrogen-bond donors (Lipinski definition) is 1. The fourth-order valence-electron chi connectivity index (χ4n) is 3.53. The van der Waals surface area contributed by atoms with Crippen molar-refractivity contribution in [3.05, 3.63) is 82.0 Å². The molecule has 30 heavy (non-hydrogen) atoms. The van der Waals surface area contributed by atoms with Crippen molar-refractivity contribution in [3.63, 3.8) is 0 Å². The molecule has 2 heterocycles. The second-order valence-corrected chi connectivity index (χ2v) is 8.19. The molecule has 0 spiro atoms. The minimum atomic E-state index is -0.144. The lowest BCUT2D eigenvalue weighted by Gasteiger charge is -2.09. The van der Waals surface area contributed by atoms with Crippen LogP contribution in [0.15, 0.2) is 64.5 Å². The number of carbonyl (C=O) groups excluding carboxylic acids is 1. The summed E-state index contributed by atoms with van der Waals surface area (Å²) in [5.41, 5.74) is 6.10. The summed E-state index contributed by atoms with van der Waals surface area (Å²) in [4.78, 5) is 17.8. The van der Waals surface area contributed by atoms with Gasteiger partial charge in [-0.05, 0) is 80.1 Å². The summed E-state index contributed by atoms with van der Waals surface area (Å²) in [6.07, 6.45) is 1.93. The van der Waals surface area contributed by atoms with Gasteiger partial charge in [0.1, 0.15) is 11.4 Å². The summed E-state index contributed by atoms with van der Waals surface area (Å²) in [5.74, 6) is 0.529. The topological polar surface area (TPSA) is 55.6 Å². The molecule has 1 saturated heterocycles. The first kappa shape index (κ1) is 20.0. The minimum Gasteiger partial charge on any atom is -0.494 e. The molecule has 6 heteroatoms. The number of carbonyl (C=O) groups is 1. The number of thioether (sulfide) groups is 1. The highest BCUT2D eigenvalue weighted by Crippen LogP contribution is 2.33. The number of aromatic nitrogens is 1. The molecule has 1 aliphatic heterocycles. The van der Waals surface area contributed by atoms with Gasteiger partial charge in [-0.2, -0.15) is 0 Å². The second-order valence-electron chi connectivity index (χ2n) is 7.15. The molecular formula is C24H23N3O2S. The lowest BCUT2D eigenvalue weighted by atomic mass is 10.2. The number of amidine groups is 1. The normalized spacial score (nSPS) is 16.3. The summed E-state index contributed by atoms with van der Waals surface area (Å²) < 4.78 is 7.58. The third-order valence-electron chi connectivity index (χ3n) is 4.98. The van der Waals surface area contributed by atoms with E-state index in [4.69, 9.17) is 4.74 Å². The van der Waals surface area contributed by atoms with E-state index in [0.717, 1.165) is 28.2 Å². The summed E-state index contributed by atoms with van der Waals surface area (Å²) in [6.45, 7) is 6.13. The Kier molecular flexibility index (Phi) is 5.50. The number of amides is 1. The lowest BCUT2D eigenvalue weighted by molar-refractivity contribution is -0.115. The van der Waals surface area contributed by atoms with Crippen molar-refractivity contribution in [1.82, 2.24) is 9.88 Å². The number of methoxy groups -OCH3 is 1. The van der Waals surface area contributed by atoms with Crippen molar-refractivity contribution in [2.75, 3.05) is 7.11 Å². The van der Waals surface area contributed by atoms with Gasteiger partial charge < -0.3 is 14.6 Å². The van der Waals surface area contributed by atoms with Gasteiger partial charge in [0, 0.05) is 17.1 Å². The Hall–Kier alpha value is -3.25. The number of para-hydroxylation sites is 1. The molecule has 0 radical (unpaired) electrons. The van der Waals surface area contributed by atoms with Gasteiger partial charge in [-0.15, -0.1) is 0 Å². The van der Waals surface area contributed by atoms with E-state index in [2.05, 4.69) is 46.9 Å². The number of hydrogen-bond acceptors (Lipinski definition) is 4. The zero-order chi connectivity index (χ0) is 21.3. The van der Waals surface area contributed by atoms with E-state index in [1.54, 1.807) is 7.11 Å². The van der Waals surface area contributed by atoms with Gasteiger partial charge >= 0.3 is 0 Å². The van der Waals surface area contributed by atoms with Crippen LogP contribution in [0.25, 0.3) is 11.8 Å². The molecule has 0 unspecified atom stereocenters. The van der Waals surface area contributed by atoms with Gasteiger partial charge in [-0.1, -0.05) is 24.3 Å². The Morgan fingerprint density at radius 1 is 1.07 bits per heavy atom. The van der Waals surface area contributed by atoms with E-state index in [-0.39, 0.29) is 5.91 Å². The number of nitrogens with zero attached hydrogens (tertiary/aromatic N) is 2. The molecule has 0 saturated carbocycles. The van der Waals surface area contributed by atoms with Crippen molar-refractivity contribution >= 4 is 34.6 Å². The van der Waals surface area contributed by atoms with Crippen LogP contribution >= 0.6 is 11.8 Å². The molecule has 0 bridgehead atoms. The van der Waals surface area contributed by atoms with Crippen LogP contribution in [0.2, 0.25) is 0 Å². The highest BCUT2D eigenvalue weighted by atomic mass is 32.2. The average Bonchev–Trinajstić information content (AvgIpc) is 3.21. The molecule has 4 rings (SSSR count). The Labute approximate surface area is 180 Å². The molecule has 0 atom stereocenters. The van der Waals surface area contributed by atoms with E-state index < -0.39 is 0 Å². The SMILES string of the molecule is COc1ccc(C)cc1N=C1NC(=O)/C(=C/c2cc(C)n(-c3ccccc3)c2C)S1. The summed E-state index contributed by atoms with van der Waals surface area (Å²) in [5, 5.41) is 3.41.